The van der Waals surface area contributed by atoms with Gasteiger partial charge in [-0.25, -0.2) is 9.78 Å². The molecule has 0 spiro atoms. The Kier molecular flexibility index (Phi) is 6.70. The zero-order valence-electron chi connectivity index (χ0n) is 21.9. The van der Waals surface area contributed by atoms with Crippen LogP contribution in [0.2, 0.25) is 0 Å². The highest BCUT2D eigenvalue weighted by Crippen LogP contribution is 2.34. The van der Waals surface area contributed by atoms with Gasteiger partial charge < -0.3 is 10.3 Å². The van der Waals surface area contributed by atoms with Crippen LogP contribution in [-0.4, -0.2) is 39.6 Å². The van der Waals surface area contributed by atoms with Gasteiger partial charge in [0.15, 0.2) is 0 Å². The Morgan fingerprint density at radius 3 is 2.41 bits per heavy atom. The quantitative estimate of drug-likeness (QED) is 0.299. The summed E-state index contributed by atoms with van der Waals surface area (Å²) in [6.07, 6.45) is 1.89. The van der Waals surface area contributed by atoms with Gasteiger partial charge in [0.2, 0.25) is 0 Å². The summed E-state index contributed by atoms with van der Waals surface area (Å²) in [4.78, 5) is 22.9. The topological polar surface area (TPSA) is 89.7 Å². The van der Waals surface area contributed by atoms with E-state index in [1.165, 1.54) is 5.56 Å². The molecular weight excluding hydrogens is 484 g/mol. The van der Waals surface area contributed by atoms with Crippen LogP contribution in [0.4, 0.5) is 5.82 Å². The van der Waals surface area contributed by atoms with Crippen LogP contribution in [-0.2, 0) is 6.54 Å². The zero-order chi connectivity index (χ0) is 26.8. The predicted octanol–water partition coefficient (Wildman–Crippen LogP) is 5.81. The molecule has 39 heavy (non-hydrogen) atoms. The number of anilines is 1. The molecule has 7 heteroatoms. The number of hydrogen-bond acceptors (Lipinski definition) is 5. The highest BCUT2D eigenvalue weighted by atomic mass is 16.1. The van der Waals surface area contributed by atoms with Crippen LogP contribution < -0.4 is 11.0 Å². The van der Waals surface area contributed by atoms with E-state index in [2.05, 4.69) is 45.5 Å². The van der Waals surface area contributed by atoms with Crippen LogP contribution in [0.5, 0.6) is 0 Å². The first kappa shape index (κ1) is 24.7. The second kappa shape index (κ2) is 10.6. The minimum atomic E-state index is -0.0158. The number of hydrogen-bond donors (Lipinski definition) is 2. The minimum Gasteiger partial charge on any atom is -0.372 e. The molecule has 0 amide bonds. The monoisotopic (exact) mass is 514 g/mol. The second-order valence-electron chi connectivity index (χ2n) is 10.0. The van der Waals surface area contributed by atoms with Crippen molar-refractivity contribution in [2.75, 3.05) is 25.5 Å². The summed E-state index contributed by atoms with van der Waals surface area (Å²) < 4.78 is 1.94. The molecule has 194 valence electrons. The summed E-state index contributed by atoms with van der Waals surface area (Å²) >= 11 is 0. The lowest BCUT2D eigenvalue weighted by Gasteiger charge is -2.32. The number of pyridine rings is 1. The summed E-state index contributed by atoms with van der Waals surface area (Å²) in [6, 6.07) is 31.0. The van der Waals surface area contributed by atoms with Crippen LogP contribution in [0.15, 0.2) is 89.7 Å². The summed E-state index contributed by atoms with van der Waals surface area (Å²) in [5, 5.41) is 12.7. The number of H-pyrrole nitrogens is 1. The highest BCUT2D eigenvalue weighted by molar-refractivity contribution is 5.83. The Morgan fingerprint density at radius 2 is 1.69 bits per heavy atom. The zero-order valence-corrected chi connectivity index (χ0v) is 21.9. The Balaban J connectivity index is 1.19. The maximum absolute atomic E-state index is 12.6. The SMILES string of the molecule is CNc1nc(-c2ccc(CN3CCC(n4c(=O)[nH]c5ccccc54)CC3)cc2)c(-c2ccccc2)cc1C#N. The molecule has 1 aliphatic rings. The van der Waals surface area contributed by atoms with Crippen LogP contribution in [0.1, 0.15) is 30.0 Å². The Hall–Kier alpha value is -4.67. The van der Waals surface area contributed by atoms with Crippen molar-refractivity contribution in [2.24, 2.45) is 0 Å². The fraction of sp³-hybridized carbons (Fsp3) is 0.219. The summed E-state index contributed by atoms with van der Waals surface area (Å²) in [6.45, 7) is 2.75. The highest BCUT2D eigenvalue weighted by Gasteiger charge is 2.23. The number of rotatable bonds is 6. The fourth-order valence-corrected chi connectivity index (χ4v) is 5.65. The minimum absolute atomic E-state index is 0.0158. The molecule has 0 aliphatic carbocycles. The van der Waals surface area contributed by atoms with E-state index in [9.17, 15) is 10.1 Å². The van der Waals surface area contributed by atoms with Crippen molar-refractivity contribution in [3.8, 4) is 28.5 Å². The molecule has 0 saturated carbocycles. The average molecular weight is 515 g/mol. The molecule has 6 rings (SSSR count). The van der Waals surface area contributed by atoms with Crippen LogP contribution in [0.25, 0.3) is 33.4 Å². The van der Waals surface area contributed by atoms with Crippen molar-refractivity contribution < 1.29 is 0 Å². The fourth-order valence-electron chi connectivity index (χ4n) is 5.65. The number of aromatic amines is 1. The van der Waals surface area contributed by atoms with E-state index in [4.69, 9.17) is 4.98 Å². The number of fused-ring (bicyclic) bond motifs is 1. The first-order valence-corrected chi connectivity index (χ1v) is 13.3. The molecule has 0 bridgehead atoms. The van der Waals surface area contributed by atoms with E-state index in [1.54, 1.807) is 7.05 Å². The van der Waals surface area contributed by atoms with E-state index in [0.717, 1.165) is 65.9 Å². The molecular formula is C32H30N6O. The summed E-state index contributed by atoms with van der Waals surface area (Å²) in [5.41, 5.74) is 7.47. The van der Waals surface area contributed by atoms with Gasteiger partial charge in [-0.1, -0.05) is 66.7 Å². The van der Waals surface area contributed by atoms with Gasteiger partial charge >= 0.3 is 5.69 Å². The van der Waals surface area contributed by atoms with Crippen LogP contribution in [0.3, 0.4) is 0 Å². The van der Waals surface area contributed by atoms with Crippen molar-refractivity contribution in [3.05, 3.63) is 107 Å². The molecule has 0 unspecified atom stereocenters. The van der Waals surface area contributed by atoms with E-state index >= 15 is 0 Å². The summed E-state index contributed by atoms with van der Waals surface area (Å²) in [7, 11) is 1.79. The largest absolute Gasteiger partial charge is 0.372 e. The Morgan fingerprint density at radius 1 is 0.974 bits per heavy atom. The predicted molar refractivity (Wildman–Crippen MR) is 155 cm³/mol. The molecule has 1 fully saturated rings. The third kappa shape index (κ3) is 4.83. The number of para-hydroxylation sites is 2. The molecule has 2 aromatic heterocycles. The third-order valence-electron chi connectivity index (χ3n) is 7.64. The van der Waals surface area contributed by atoms with Gasteiger partial charge in [0.1, 0.15) is 11.9 Å². The van der Waals surface area contributed by atoms with Gasteiger partial charge in [-0.2, -0.15) is 5.26 Å². The van der Waals surface area contributed by atoms with Crippen LogP contribution in [0, 0.1) is 11.3 Å². The molecule has 0 radical (unpaired) electrons. The van der Waals surface area contributed by atoms with Gasteiger partial charge in [-0.15, -0.1) is 0 Å². The standard InChI is InChI=1S/C32H30N6O/c1-34-31-25(20-33)19-27(23-7-3-2-4-8-23)30(36-31)24-13-11-22(12-14-24)21-37-17-15-26(16-18-37)38-29-10-6-5-9-28(29)35-32(38)39/h2-14,19,26H,15-18,21H2,1H3,(H,34,36)(H,35,39). The molecule has 7 nitrogen and oxygen atoms in total. The van der Waals surface area contributed by atoms with Crippen molar-refractivity contribution in [1.29, 1.82) is 5.26 Å². The lowest BCUT2D eigenvalue weighted by molar-refractivity contribution is 0.180. The number of likely N-dealkylation sites (tertiary alicyclic amines) is 1. The second-order valence-corrected chi connectivity index (χ2v) is 10.0. The van der Waals surface area contributed by atoms with Crippen LogP contribution >= 0.6 is 0 Å². The van der Waals surface area contributed by atoms with Gasteiger partial charge in [0, 0.05) is 43.9 Å². The molecule has 3 aromatic carbocycles. The van der Waals surface area contributed by atoms with Gasteiger partial charge in [-0.3, -0.25) is 9.47 Å². The third-order valence-corrected chi connectivity index (χ3v) is 7.64. The van der Waals surface area contributed by atoms with Crippen molar-refractivity contribution in [1.82, 2.24) is 19.4 Å². The lowest BCUT2D eigenvalue weighted by atomic mass is 9.97. The Bertz CT molecular complexity index is 1700. The molecule has 1 aliphatic heterocycles. The normalized spacial score (nSPS) is 14.4. The molecule has 0 atom stereocenters. The number of nitrogens with one attached hydrogen (secondary N) is 2. The van der Waals surface area contributed by atoms with Gasteiger partial charge in [0.25, 0.3) is 0 Å². The van der Waals surface area contributed by atoms with Crippen molar-refractivity contribution in [3.63, 3.8) is 0 Å². The first-order chi connectivity index (χ1) is 19.1. The number of benzene rings is 3. The number of nitriles is 1. The summed E-state index contributed by atoms with van der Waals surface area (Å²) in [5.74, 6) is 0.577. The van der Waals surface area contributed by atoms with E-state index < -0.39 is 0 Å². The first-order valence-electron chi connectivity index (χ1n) is 13.3. The molecule has 2 N–H and O–H groups in total. The smallest absolute Gasteiger partial charge is 0.326 e. The number of imidazole rings is 1. The lowest BCUT2D eigenvalue weighted by Crippen LogP contribution is -2.36. The van der Waals surface area contributed by atoms with Crippen molar-refractivity contribution in [2.45, 2.75) is 25.4 Å². The maximum Gasteiger partial charge on any atom is 0.326 e. The molecule has 3 heterocycles. The van der Waals surface area contributed by atoms with Gasteiger partial charge in [0.05, 0.1) is 22.3 Å². The van der Waals surface area contributed by atoms with Crippen molar-refractivity contribution >= 4 is 16.9 Å². The van der Waals surface area contributed by atoms with E-state index in [-0.39, 0.29) is 11.7 Å². The molecule has 5 aromatic rings. The number of piperidine rings is 1. The maximum atomic E-state index is 12.6. The van der Waals surface area contributed by atoms with E-state index in [0.29, 0.717) is 11.4 Å². The van der Waals surface area contributed by atoms with Gasteiger partial charge in [-0.05, 0) is 42.2 Å². The Labute approximate surface area is 227 Å². The van der Waals surface area contributed by atoms with E-state index in [1.807, 2.05) is 65.2 Å². The number of nitrogens with zero attached hydrogens (tertiary/aromatic N) is 4. The average Bonchev–Trinajstić information content (AvgIpc) is 3.33. The molecule has 1 saturated heterocycles. The number of aromatic nitrogens is 3.